The predicted molar refractivity (Wildman–Crippen MR) is 79.3 cm³/mol. The van der Waals surface area contributed by atoms with Crippen LogP contribution in [0.1, 0.15) is 32.8 Å². The van der Waals surface area contributed by atoms with E-state index in [1.165, 1.54) is 0 Å². The fourth-order valence-electron chi connectivity index (χ4n) is 2.30. The third-order valence-electron chi connectivity index (χ3n) is 3.72. The molecule has 1 aliphatic rings. The molecule has 2 rings (SSSR count). The van der Waals surface area contributed by atoms with E-state index in [2.05, 4.69) is 20.2 Å². The Morgan fingerprint density at radius 1 is 1.52 bits per heavy atom. The molecule has 8 heteroatoms. The van der Waals surface area contributed by atoms with Crippen molar-refractivity contribution >= 4 is 10.0 Å². The molecular weight excluding hydrogens is 292 g/mol. The fourth-order valence-corrected chi connectivity index (χ4v) is 3.53. The Morgan fingerprint density at radius 2 is 2.29 bits per heavy atom. The lowest BCUT2D eigenvalue weighted by molar-refractivity contribution is 0.107. The summed E-state index contributed by atoms with van der Waals surface area (Å²) in [6.07, 6.45) is 2.52. The van der Waals surface area contributed by atoms with Crippen LogP contribution in [0.4, 0.5) is 0 Å². The highest BCUT2D eigenvalue weighted by Gasteiger charge is 2.27. The SMILES string of the molecule is CC(C)NCc1cn[nH]c1S(=O)(=O)NCC1CCOC1C. The van der Waals surface area contributed by atoms with Gasteiger partial charge in [-0.1, -0.05) is 13.8 Å². The Morgan fingerprint density at radius 3 is 2.90 bits per heavy atom. The van der Waals surface area contributed by atoms with Gasteiger partial charge in [0.25, 0.3) is 10.0 Å². The summed E-state index contributed by atoms with van der Waals surface area (Å²) in [5, 5.41) is 9.77. The van der Waals surface area contributed by atoms with Crippen LogP contribution < -0.4 is 10.0 Å². The van der Waals surface area contributed by atoms with Crippen molar-refractivity contribution in [3.05, 3.63) is 11.8 Å². The molecule has 1 saturated heterocycles. The van der Waals surface area contributed by atoms with E-state index in [0.29, 0.717) is 25.3 Å². The minimum Gasteiger partial charge on any atom is -0.378 e. The average Bonchev–Trinajstić information content (AvgIpc) is 3.03. The number of hydrogen-bond donors (Lipinski definition) is 3. The van der Waals surface area contributed by atoms with E-state index in [-0.39, 0.29) is 23.1 Å². The molecule has 7 nitrogen and oxygen atoms in total. The zero-order chi connectivity index (χ0) is 15.5. The molecule has 1 aliphatic heterocycles. The lowest BCUT2D eigenvalue weighted by Crippen LogP contribution is -2.33. The van der Waals surface area contributed by atoms with Gasteiger partial charge in [0.15, 0.2) is 5.03 Å². The third-order valence-corrected chi connectivity index (χ3v) is 5.15. The van der Waals surface area contributed by atoms with Gasteiger partial charge < -0.3 is 10.1 Å². The molecule has 1 aromatic heterocycles. The highest BCUT2D eigenvalue weighted by Crippen LogP contribution is 2.20. The summed E-state index contributed by atoms with van der Waals surface area (Å²) >= 11 is 0. The molecule has 2 atom stereocenters. The van der Waals surface area contributed by atoms with Crippen LogP contribution in [-0.2, 0) is 21.3 Å². The van der Waals surface area contributed by atoms with Crippen molar-refractivity contribution in [2.24, 2.45) is 5.92 Å². The lowest BCUT2D eigenvalue weighted by atomic mass is 10.0. The Labute approximate surface area is 125 Å². The summed E-state index contributed by atoms with van der Waals surface area (Å²) in [7, 11) is -3.57. The first-order valence-corrected chi connectivity index (χ1v) is 8.75. The molecule has 0 amide bonds. The van der Waals surface area contributed by atoms with Crippen LogP contribution in [0, 0.1) is 5.92 Å². The fraction of sp³-hybridized carbons (Fsp3) is 0.769. The number of hydrogen-bond acceptors (Lipinski definition) is 5. The van der Waals surface area contributed by atoms with Gasteiger partial charge in [-0.15, -0.1) is 0 Å². The van der Waals surface area contributed by atoms with Crippen LogP contribution in [0.3, 0.4) is 0 Å². The van der Waals surface area contributed by atoms with Crippen LogP contribution in [0.15, 0.2) is 11.2 Å². The summed E-state index contributed by atoms with van der Waals surface area (Å²) in [4.78, 5) is 0. The van der Waals surface area contributed by atoms with Crippen LogP contribution in [0.2, 0.25) is 0 Å². The number of rotatable bonds is 7. The number of H-pyrrole nitrogens is 1. The second-order valence-corrected chi connectivity index (χ2v) is 7.44. The van der Waals surface area contributed by atoms with Crippen molar-refractivity contribution in [3.63, 3.8) is 0 Å². The second kappa shape index (κ2) is 6.87. The van der Waals surface area contributed by atoms with Gasteiger partial charge in [0.1, 0.15) is 0 Å². The van der Waals surface area contributed by atoms with Crippen molar-refractivity contribution in [1.82, 2.24) is 20.2 Å². The summed E-state index contributed by atoms with van der Waals surface area (Å²) in [6.45, 7) is 7.54. The van der Waals surface area contributed by atoms with Crippen LogP contribution in [0.25, 0.3) is 0 Å². The zero-order valence-electron chi connectivity index (χ0n) is 12.7. The molecule has 0 aliphatic carbocycles. The van der Waals surface area contributed by atoms with Gasteiger partial charge in [0.2, 0.25) is 0 Å². The number of nitrogens with zero attached hydrogens (tertiary/aromatic N) is 1. The Kier molecular flexibility index (Phi) is 5.37. The van der Waals surface area contributed by atoms with Crippen LogP contribution in [-0.4, -0.2) is 43.9 Å². The standard InChI is InChI=1S/C13H24N4O3S/c1-9(2)14-6-12-7-15-17-13(12)21(18,19)16-8-11-4-5-20-10(11)3/h7,9-11,14,16H,4-6,8H2,1-3H3,(H,15,17). The molecule has 2 unspecified atom stereocenters. The number of sulfonamides is 1. The largest absolute Gasteiger partial charge is 0.378 e. The molecule has 120 valence electrons. The van der Waals surface area contributed by atoms with Crippen molar-refractivity contribution in [2.45, 2.75) is 50.9 Å². The summed E-state index contributed by atoms with van der Waals surface area (Å²) in [5.41, 5.74) is 0.645. The number of nitrogens with one attached hydrogen (secondary N) is 3. The molecule has 0 radical (unpaired) electrons. The average molecular weight is 316 g/mol. The number of aromatic amines is 1. The van der Waals surface area contributed by atoms with Gasteiger partial charge in [-0.25, -0.2) is 13.1 Å². The van der Waals surface area contributed by atoms with Crippen molar-refractivity contribution in [1.29, 1.82) is 0 Å². The van der Waals surface area contributed by atoms with E-state index in [1.807, 2.05) is 20.8 Å². The maximum Gasteiger partial charge on any atom is 0.257 e. The Bertz CT molecular complexity index is 556. The molecule has 0 aromatic carbocycles. The molecule has 0 bridgehead atoms. The van der Waals surface area contributed by atoms with E-state index in [9.17, 15) is 8.42 Å². The predicted octanol–water partition coefficient (Wildman–Crippen LogP) is 0.611. The quantitative estimate of drug-likeness (QED) is 0.685. The first-order valence-electron chi connectivity index (χ1n) is 7.27. The first kappa shape index (κ1) is 16.4. The highest BCUT2D eigenvalue weighted by atomic mass is 32.2. The third kappa shape index (κ3) is 4.26. The van der Waals surface area contributed by atoms with Gasteiger partial charge in [-0.3, -0.25) is 5.10 Å². The molecular formula is C13H24N4O3S. The van der Waals surface area contributed by atoms with Gasteiger partial charge >= 0.3 is 0 Å². The van der Waals surface area contributed by atoms with E-state index in [4.69, 9.17) is 4.74 Å². The van der Waals surface area contributed by atoms with Gasteiger partial charge in [0, 0.05) is 37.2 Å². The van der Waals surface area contributed by atoms with E-state index in [0.717, 1.165) is 6.42 Å². The van der Waals surface area contributed by atoms with Gasteiger partial charge in [0.05, 0.1) is 12.3 Å². The Hall–Kier alpha value is -0.960. The molecule has 3 N–H and O–H groups in total. The highest BCUT2D eigenvalue weighted by molar-refractivity contribution is 7.89. The van der Waals surface area contributed by atoms with Crippen molar-refractivity contribution < 1.29 is 13.2 Å². The number of aromatic nitrogens is 2. The minimum absolute atomic E-state index is 0.0940. The smallest absolute Gasteiger partial charge is 0.257 e. The summed E-state index contributed by atoms with van der Waals surface area (Å²) in [5.74, 6) is 0.222. The molecule has 2 heterocycles. The maximum absolute atomic E-state index is 12.4. The van der Waals surface area contributed by atoms with Gasteiger partial charge in [-0.05, 0) is 13.3 Å². The molecule has 0 spiro atoms. The maximum atomic E-state index is 12.4. The lowest BCUT2D eigenvalue weighted by Gasteiger charge is -2.15. The Balaban J connectivity index is 2.00. The number of ether oxygens (including phenoxy) is 1. The molecule has 0 saturated carbocycles. The minimum atomic E-state index is -3.57. The normalized spacial score (nSPS) is 23.0. The van der Waals surface area contributed by atoms with E-state index < -0.39 is 10.0 Å². The van der Waals surface area contributed by atoms with Crippen LogP contribution in [0.5, 0.6) is 0 Å². The zero-order valence-corrected chi connectivity index (χ0v) is 13.5. The van der Waals surface area contributed by atoms with Crippen molar-refractivity contribution in [2.75, 3.05) is 13.2 Å². The monoisotopic (exact) mass is 316 g/mol. The van der Waals surface area contributed by atoms with Crippen molar-refractivity contribution in [3.8, 4) is 0 Å². The van der Waals surface area contributed by atoms with Crippen LogP contribution >= 0.6 is 0 Å². The first-order chi connectivity index (χ1) is 9.90. The molecule has 1 fully saturated rings. The van der Waals surface area contributed by atoms with E-state index in [1.54, 1.807) is 6.20 Å². The molecule has 1 aromatic rings. The second-order valence-electron chi connectivity index (χ2n) is 5.74. The van der Waals surface area contributed by atoms with E-state index >= 15 is 0 Å². The topological polar surface area (TPSA) is 96.1 Å². The summed E-state index contributed by atoms with van der Waals surface area (Å²) < 4.78 is 32.8. The molecule has 21 heavy (non-hydrogen) atoms. The van der Waals surface area contributed by atoms with Gasteiger partial charge in [-0.2, -0.15) is 5.10 Å². The summed E-state index contributed by atoms with van der Waals surface area (Å²) in [6, 6.07) is 0.278.